The van der Waals surface area contributed by atoms with E-state index in [1.165, 1.54) is 0 Å². The van der Waals surface area contributed by atoms with E-state index in [4.69, 9.17) is 4.74 Å². The van der Waals surface area contributed by atoms with Gasteiger partial charge in [-0.2, -0.15) is 0 Å². The van der Waals surface area contributed by atoms with Gasteiger partial charge in [0.05, 0.1) is 18.3 Å². The van der Waals surface area contributed by atoms with Crippen LogP contribution in [-0.4, -0.2) is 21.6 Å². The van der Waals surface area contributed by atoms with Crippen molar-refractivity contribution in [3.63, 3.8) is 0 Å². The van der Waals surface area contributed by atoms with Gasteiger partial charge in [0.2, 0.25) is 0 Å². The number of hydrogen-bond acceptors (Lipinski definition) is 3. The van der Waals surface area contributed by atoms with Crippen molar-refractivity contribution in [2.45, 2.75) is 45.9 Å². The molecular weight excluding hydrogens is 296 g/mol. The normalized spacial score (nSPS) is 18.7. The first-order valence-corrected chi connectivity index (χ1v) is 6.71. The summed E-state index contributed by atoms with van der Waals surface area (Å²) in [5, 5.41) is 0. The van der Waals surface area contributed by atoms with Crippen LogP contribution < -0.4 is 0 Å². The number of nitrogens with zero attached hydrogens (tertiary/aromatic N) is 2. The maximum atomic E-state index is 12.1. The number of ether oxygens (including phenoxy) is 1. The zero-order valence-corrected chi connectivity index (χ0v) is 12.6. The van der Waals surface area contributed by atoms with Crippen molar-refractivity contribution >= 4 is 22.0 Å². The highest BCUT2D eigenvalue weighted by molar-refractivity contribution is 9.10. The SMILES string of the molecule is CC1c2ncc(Br)cc2CN1C(=O)OC(C)(C)C. The van der Waals surface area contributed by atoms with Crippen LogP contribution in [0.4, 0.5) is 4.79 Å². The molecule has 2 heterocycles. The third-order valence-corrected chi connectivity index (χ3v) is 3.23. The van der Waals surface area contributed by atoms with Gasteiger partial charge in [0.25, 0.3) is 0 Å². The van der Waals surface area contributed by atoms with Crippen molar-refractivity contribution < 1.29 is 9.53 Å². The fourth-order valence-electron chi connectivity index (χ4n) is 2.01. The molecular formula is C13H17BrN2O2. The predicted molar refractivity (Wildman–Crippen MR) is 72.1 cm³/mol. The fourth-order valence-corrected chi connectivity index (χ4v) is 2.38. The van der Waals surface area contributed by atoms with Crippen LogP contribution in [0.15, 0.2) is 16.7 Å². The number of rotatable bonds is 0. The molecule has 1 aromatic heterocycles. The molecule has 0 saturated carbocycles. The number of hydrogen-bond donors (Lipinski definition) is 0. The smallest absolute Gasteiger partial charge is 0.411 e. The summed E-state index contributed by atoms with van der Waals surface area (Å²) < 4.78 is 6.33. The van der Waals surface area contributed by atoms with E-state index in [1.807, 2.05) is 33.8 Å². The van der Waals surface area contributed by atoms with Gasteiger partial charge in [0.15, 0.2) is 0 Å². The zero-order valence-electron chi connectivity index (χ0n) is 11.0. The van der Waals surface area contributed by atoms with Crippen LogP contribution in [0.3, 0.4) is 0 Å². The maximum absolute atomic E-state index is 12.1. The van der Waals surface area contributed by atoms with Gasteiger partial charge in [-0.3, -0.25) is 9.88 Å². The highest BCUT2D eigenvalue weighted by Gasteiger charge is 2.34. The topological polar surface area (TPSA) is 42.4 Å². The molecule has 2 rings (SSSR count). The van der Waals surface area contributed by atoms with Gasteiger partial charge in [-0.05, 0) is 55.3 Å². The number of amides is 1. The van der Waals surface area contributed by atoms with E-state index in [2.05, 4.69) is 20.9 Å². The number of pyridine rings is 1. The lowest BCUT2D eigenvalue weighted by Gasteiger charge is -2.26. The molecule has 1 aromatic rings. The lowest BCUT2D eigenvalue weighted by Crippen LogP contribution is -2.35. The van der Waals surface area contributed by atoms with Crippen molar-refractivity contribution in [2.24, 2.45) is 0 Å². The van der Waals surface area contributed by atoms with Crippen LogP contribution in [-0.2, 0) is 11.3 Å². The first-order valence-electron chi connectivity index (χ1n) is 5.92. The second-order valence-electron chi connectivity index (χ2n) is 5.48. The molecule has 18 heavy (non-hydrogen) atoms. The van der Waals surface area contributed by atoms with Crippen molar-refractivity contribution in [2.75, 3.05) is 0 Å². The molecule has 0 aromatic carbocycles. The molecule has 0 N–H and O–H groups in total. The summed E-state index contributed by atoms with van der Waals surface area (Å²) in [6.45, 7) is 8.13. The molecule has 0 aliphatic carbocycles. The number of aromatic nitrogens is 1. The van der Waals surface area contributed by atoms with Crippen LogP contribution in [0.2, 0.25) is 0 Å². The van der Waals surface area contributed by atoms with E-state index >= 15 is 0 Å². The Morgan fingerprint density at radius 1 is 1.56 bits per heavy atom. The minimum atomic E-state index is -0.473. The highest BCUT2D eigenvalue weighted by Crippen LogP contribution is 2.33. The molecule has 0 spiro atoms. The third kappa shape index (κ3) is 2.66. The van der Waals surface area contributed by atoms with Gasteiger partial charge in [-0.15, -0.1) is 0 Å². The fraction of sp³-hybridized carbons (Fsp3) is 0.538. The number of fused-ring (bicyclic) bond motifs is 1. The van der Waals surface area contributed by atoms with Crippen LogP contribution in [0.25, 0.3) is 0 Å². The Labute approximate surface area is 115 Å². The van der Waals surface area contributed by atoms with Crippen LogP contribution in [0.5, 0.6) is 0 Å². The third-order valence-electron chi connectivity index (χ3n) is 2.80. The zero-order chi connectivity index (χ0) is 13.5. The minimum absolute atomic E-state index is 0.0389. The van der Waals surface area contributed by atoms with E-state index in [9.17, 15) is 4.79 Å². The van der Waals surface area contributed by atoms with Gasteiger partial charge in [-0.25, -0.2) is 4.79 Å². The maximum Gasteiger partial charge on any atom is 0.411 e. The van der Waals surface area contributed by atoms with Crippen LogP contribution in [0, 0.1) is 0 Å². The molecule has 98 valence electrons. The Balaban J connectivity index is 2.18. The quantitative estimate of drug-likeness (QED) is 0.734. The summed E-state index contributed by atoms with van der Waals surface area (Å²) in [5.74, 6) is 0. The highest BCUT2D eigenvalue weighted by atomic mass is 79.9. The van der Waals surface area contributed by atoms with E-state index in [0.717, 1.165) is 15.7 Å². The van der Waals surface area contributed by atoms with Gasteiger partial charge in [0.1, 0.15) is 5.60 Å². The van der Waals surface area contributed by atoms with Crippen molar-refractivity contribution in [3.8, 4) is 0 Å². The van der Waals surface area contributed by atoms with Crippen molar-refractivity contribution in [1.82, 2.24) is 9.88 Å². The summed E-state index contributed by atoms with van der Waals surface area (Å²) in [5.41, 5.74) is 1.55. The van der Waals surface area contributed by atoms with E-state index < -0.39 is 5.60 Å². The average Bonchev–Trinajstić information content (AvgIpc) is 2.53. The summed E-state index contributed by atoms with van der Waals surface area (Å²) in [6, 6.07) is 1.96. The summed E-state index contributed by atoms with van der Waals surface area (Å²) in [6.07, 6.45) is 1.47. The largest absolute Gasteiger partial charge is 0.444 e. The van der Waals surface area contributed by atoms with Crippen molar-refractivity contribution in [1.29, 1.82) is 0 Å². The van der Waals surface area contributed by atoms with Gasteiger partial charge < -0.3 is 4.74 Å². The molecule has 4 nitrogen and oxygen atoms in total. The monoisotopic (exact) mass is 312 g/mol. The molecule has 1 aliphatic rings. The number of carbonyl (C=O) groups excluding carboxylic acids is 1. The Bertz CT molecular complexity index is 482. The Kier molecular flexibility index (Phi) is 3.36. The van der Waals surface area contributed by atoms with Crippen LogP contribution in [0.1, 0.15) is 45.0 Å². The van der Waals surface area contributed by atoms with Gasteiger partial charge >= 0.3 is 6.09 Å². The van der Waals surface area contributed by atoms with E-state index in [1.54, 1.807) is 11.1 Å². The second kappa shape index (κ2) is 4.53. The molecule has 1 unspecified atom stereocenters. The van der Waals surface area contributed by atoms with Crippen molar-refractivity contribution in [3.05, 3.63) is 28.0 Å². The number of carbonyl (C=O) groups is 1. The first-order chi connectivity index (χ1) is 8.28. The second-order valence-corrected chi connectivity index (χ2v) is 6.40. The Morgan fingerprint density at radius 3 is 2.83 bits per heavy atom. The average molecular weight is 313 g/mol. The molecule has 0 radical (unpaired) electrons. The Hall–Kier alpha value is -1.10. The van der Waals surface area contributed by atoms with E-state index in [-0.39, 0.29) is 12.1 Å². The molecule has 5 heteroatoms. The first kappa shape index (κ1) is 13.3. The molecule has 0 bridgehead atoms. The number of halogens is 1. The predicted octanol–water partition coefficient (Wildman–Crippen LogP) is 3.66. The molecule has 1 amide bonds. The van der Waals surface area contributed by atoms with Crippen LogP contribution >= 0.6 is 15.9 Å². The molecule has 0 saturated heterocycles. The minimum Gasteiger partial charge on any atom is -0.444 e. The lowest BCUT2D eigenvalue weighted by molar-refractivity contribution is 0.0185. The molecule has 1 atom stereocenters. The summed E-state index contributed by atoms with van der Waals surface area (Å²) in [4.78, 5) is 18.2. The lowest BCUT2D eigenvalue weighted by atomic mass is 10.2. The van der Waals surface area contributed by atoms with E-state index in [0.29, 0.717) is 6.54 Å². The standard InChI is InChI=1S/C13H17BrN2O2/c1-8-11-9(5-10(14)6-15-11)7-16(8)12(17)18-13(2,3)4/h5-6,8H,7H2,1-4H3. The summed E-state index contributed by atoms with van der Waals surface area (Å²) >= 11 is 3.39. The van der Waals surface area contributed by atoms with Gasteiger partial charge in [0, 0.05) is 10.7 Å². The van der Waals surface area contributed by atoms with Gasteiger partial charge in [-0.1, -0.05) is 0 Å². The molecule has 0 fully saturated rings. The summed E-state index contributed by atoms with van der Waals surface area (Å²) in [7, 11) is 0. The molecule has 1 aliphatic heterocycles. The Morgan fingerprint density at radius 2 is 2.22 bits per heavy atom.